The van der Waals surface area contributed by atoms with Gasteiger partial charge in [-0.2, -0.15) is 0 Å². The number of aliphatic hydroxyl groups excluding tert-OH is 1. The van der Waals surface area contributed by atoms with Gasteiger partial charge in [-0.25, -0.2) is 14.4 Å². The topological polar surface area (TPSA) is 75.1 Å². The molecule has 2 aromatic heterocycles. The van der Waals surface area contributed by atoms with E-state index in [9.17, 15) is 14.3 Å². The van der Waals surface area contributed by atoms with E-state index >= 15 is 0 Å². The molecule has 1 unspecified atom stereocenters. The van der Waals surface area contributed by atoms with Crippen molar-refractivity contribution in [1.29, 1.82) is 0 Å². The van der Waals surface area contributed by atoms with E-state index < -0.39 is 11.9 Å². The molecule has 1 aliphatic rings. The molecule has 0 spiro atoms. The molecule has 0 radical (unpaired) electrons. The number of nitrogens with zero attached hydrogens (tertiary/aromatic N) is 2. The van der Waals surface area contributed by atoms with E-state index in [1.54, 1.807) is 0 Å². The molecule has 2 heterocycles. The molecule has 1 fully saturated rings. The maximum atomic E-state index is 14.2. The van der Waals surface area contributed by atoms with Gasteiger partial charge in [-0.3, -0.25) is 4.79 Å². The normalized spacial score (nSPS) is 21.2. The molecule has 0 saturated heterocycles. The van der Waals surface area contributed by atoms with Crippen molar-refractivity contribution in [2.75, 3.05) is 5.32 Å². The molecule has 174 valence electrons. The highest BCUT2D eigenvalue weighted by Crippen LogP contribution is 2.39. The molecule has 0 bridgehead atoms. The first-order chi connectivity index (χ1) is 15.8. The quantitative estimate of drug-likeness (QED) is 0.355. The number of halogens is 3. The summed E-state index contributed by atoms with van der Waals surface area (Å²) in [6.45, 7) is 4.45. The molecule has 1 aromatic carbocycles. The van der Waals surface area contributed by atoms with Crippen LogP contribution in [0.15, 0.2) is 36.8 Å². The van der Waals surface area contributed by atoms with Crippen molar-refractivity contribution in [3.63, 3.8) is 0 Å². The smallest absolute Gasteiger partial charge is 0.208 e. The average Bonchev–Trinajstić information content (AvgIpc) is 3.36. The molecule has 33 heavy (non-hydrogen) atoms. The molecule has 0 aliphatic heterocycles. The van der Waals surface area contributed by atoms with Gasteiger partial charge >= 0.3 is 0 Å². The van der Waals surface area contributed by atoms with Gasteiger partial charge in [0.05, 0.1) is 14.8 Å². The lowest BCUT2D eigenvalue weighted by Gasteiger charge is -2.15. The summed E-state index contributed by atoms with van der Waals surface area (Å²) in [5, 5.41) is 14.4. The lowest BCUT2D eigenvalue weighted by atomic mass is 9.96. The first kappa shape index (κ1) is 24.1. The number of benzene rings is 1. The van der Waals surface area contributed by atoms with Crippen molar-refractivity contribution in [3.8, 4) is 0 Å². The van der Waals surface area contributed by atoms with Gasteiger partial charge in [0.15, 0.2) is 0 Å². The minimum Gasteiger partial charge on any atom is -0.383 e. The Bertz CT molecular complexity index is 1170. The Labute approximate surface area is 206 Å². The highest BCUT2D eigenvalue weighted by atomic mass is 35.5. The van der Waals surface area contributed by atoms with Crippen molar-refractivity contribution >= 4 is 46.1 Å². The maximum Gasteiger partial charge on any atom is 0.208 e. The molecule has 1 saturated carbocycles. The van der Waals surface area contributed by atoms with Gasteiger partial charge in [-0.05, 0) is 48.9 Å². The molecule has 9 heteroatoms. The predicted octanol–water partition coefficient (Wildman–Crippen LogP) is 6.53. The Hall–Kier alpha value is -2.06. The van der Waals surface area contributed by atoms with Gasteiger partial charge in [0.2, 0.25) is 5.78 Å². The standard InChI is InChI=1S/C24H24Cl2FN3O2S/c1-3-13-7-15(6-12(13)2)30-24-18(10-28-11-29-24)22(32)20-9-17(23(26)33-20)21(31)16-8-14(25)4-5-19(16)27/h4-5,8-13,15,21,31H,3,6-7H2,1-2H3,(H,28,29,30)/t12-,13-,15-,21?/m0/s1. The number of hydrogen-bond acceptors (Lipinski definition) is 6. The van der Waals surface area contributed by atoms with Crippen LogP contribution in [0, 0.1) is 17.7 Å². The number of thiophene rings is 1. The van der Waals surface area contributed by atoms with Crippen molar-refractivity contribution in [1.82, 2.24) is 9.97 Å². The van der Waals surface area contributed by atoms with Crippen LogP contribution in [0.5, 0.6) is 0 Å². The van der Waals surface area contributed by atoms with E-state index in [0.717, 1.165) is 30.6 Å². The molecule has 0 amide bonds. The summed E-state index contributed by atoms with van der Waals surface area (Å²) in [7, 11) is 0. The predicted molar refractivity (Wildman–Crippen MR) is 130 cm³/mol. The molecule has 2 N–H and O–H groups in total. The zero-order valence-electron chi connectivity index (χ0n) is 18.2. The van der Waals surface area contributed by atoms with Gasteiger partial charge < -0.3 is 10.4 Å². The summed E-state index contributed by atoms with van der Waals surface area (Å²) in [6, 6.07) is 5.65. The molecule has 5 nitrogen and oxygen atoms in total. The summed E-state index contributed by atoms with van der Waals surface area (Å²) in [4.78, 5) is 22.0. The minimum atomic E-state index is -1.36. The highest BCUT2D eigenvalue weighted by molar-refractivity contribution is 7.18. The van der Waals surface area contributed by atoms with Crippen molar-refractivity contribution in [2.24, 2.45) is 11.8 Å². The van der Waals surface area contributed by atoms with Crippen LogP contribution < -0.4 is 5.32 Å². The van der Waals surface area contributed by atoms with Crippen LogP contribution in [-0.4, -0.2) is 26.9 Å². The molecule has 4 atom stereocenters. The Morgan fingerprint density at radius 2 is 2.09 bits per heavy atom. The second-order valence-corrected chi connectivity index (χ2v) is 10.6. The SMILES string of the molecule is CC[C@H]1C[C@@H](Nc2ncncc2C(=O)c2cc(C(O)c3cc(Cl)ccc3F)c(Cl)s2)C[C@@H]1C. The maximum absolute atomic E-state index is 14.2. The lowest BCUT2D eigenvalue weighted by molar-refractivity contribution is 0.104. The fraction of sp³-hybridized carbons (Fsp3) is 0.375. The zero-order chi connectivity index (χ0) is 23.7. The fourth-order valence-corrected chi connectivity index (χ4v) is 5.99. The largest absolute Gasteiger partial charge is 0.383 e. The number of ketones is 1. The summed E-state index contributed by atoms with van der Waals surface area (Å²) in [5.41, 5.74) is 0.568. The third-order valence-corrected chi connectivity index (χ3v) is 7.98. The van der Waals surface area contributed by atoms with Gasteiger partial charge in [-0.15, -0.1) is 11.3 Å². The van der Waals surface area contributed by atoms with Crippen LogP contribution in [-0.2, 0) is 0 Å². The van der Waals surface area contributed by atoms with E-state index in [1.165, 1.54) is 36.8 Å². The van der Waals surface area contributed by atoms with Crippen LogP contribution in [0.1, 0.15) is 65.6 Å². The van der Waals surface area contributed by atoms with Gasteiger partial charge in [0.25, 0.3) is 0 Å². The van der Waals surface area contributed by atoms with Crippen molar-refractivity contribution < 1.29 is 14.3 Å². The number of aromatic nitrogens is 2. The number of rotatable bonds is 7. The number of hydrogen-bond donors (Lipinski definition) is 2. The number of nitrogens with one attached hydrogen (secondary N) is 1. The van der Waals surface area contributed by atoms with E-state index in [2.05, 4.69) is 29.1 Å². The molecule has 3 aromatic rings. The van der Waals surface area contributed by atoms with Crippen LogP contribution in [0.3, 0.4) is 0 Å². The van der Waals surface area contributed by atoms with Gasteiger partial charge in [0, 0.05) is 28.4 Å². The van der Waals surface area contributed by atoms with Crippen molar-refractivity contribution in [3.05, 3.63) is 73.5 Å². The van der Waals surface area contributed by atoms with E-state index in [4.69, 9.17) is 23.2 Å². The number of anilines is 1. The fourth-order valence-electron chi connectivity index (χ4n) is 4.53. The first-order valence-corrected chi connectivity index (χ1v) is 12.4. The first-order valence-electron chi connectivity index (χ1n) is 10.8. The van der Waals surface area contributed by atoms with Crippen LogP contribution in [0.4, 0.5) is 10.2 Å². The van der Waals surface area contributed by atoms with Crippen LogP contribution in [0.25, 0.3) is 0 Å². The Morgan fingerprint density at radius 3 is 2.82 bits per heavy atom. The summed E-state index contributed by atoms with van der Waals surface area (Å²) < 4.78 is 14.4. The number of carbonyl (C=O) groups is 1. The number of carbonyl (C=O) groups excluding carboxylic acids is 1. The third kappa shape index (κ3) is 5.06. The van der Waals surface area contributed by atoms with E-state index in [0.29, 0.717) is 28.1 Å². The number of aliphatic hydroxyl groups is 1. The third-order valence-electron chi connectivity index (χ3n) is 6.35. The van der Waals surface area contributed by atoms with E-state index in [-0.39, 0.29) is 32.3 Å². The van der Waals surface area contributed by atoms with Crippen LogP contribution >= 0.6 is 34.5 Å². The summed E-state index contributed by atoms with van der Waals surface area (Å²) in [6.07, 6.45) is 4.70. The molecule has 1 aliphatic carbocycles. The Balaban J connectivity index is 1.59. The summed E-state index contributed by atoms with van der Waals surface area (Å²) >= 11 is 13.3. The highest BCUT2D eigenvalue weighted by Gasteiger charge is 2.31. The minimum absolute atomic E-state index is 0.00701. The molecule has 4 rings (SSSR count). The zero-order valence-corrected chi connectivity index (χ0v) is 20.5. The Kier molecular flexibility index (Phi) is 7.34. The second kappa shape index (κ2) is 10.1. The monoisotopic (exact) mass is 507 g/mol. The Morgan fingerprint density at radius 1 is 1.30 bits per heavy atom. The van der Waals surface area contributed by atoms with E-state index in [1.807, 2.05) is 0 Å². The van der Waals surface area contributed by atoms with Gasteiger partial charge in [0.1, 0.15) is 24.1 Å². The van der Waals surface area contributed by atoms with Gasteiger partial charge in [-0.1, -0.05) is 43.5 Å². The second-order valence-electron chi connectivity index (χ2n) is 8.48. The lowest BCUT2D eigenvalue weighted by Crippen LogP contribution is -2.19. The molecular formula is C24H24Cl2FN3O2S. The van der Waals surface area contributed by atoms with Crippen molar-refractivity contribution in [2.45, 2.75) is 45.3 Å². The summed E-state index contributed by atoms with van der Waals surface area (Å²) in [5.74, 6) is 0.821. The molecular weight excluding hydrogens is 484 g/mol. The van der Waals surface area contributed by atoms with Crippen LogP contribution in [0.2, 0.25) is 9.36 Å². The average molecular weight is 508 g/mol.